The van der Waals surface area contributed by atoms with Crippen LogP contribution in [0.5, 0.6) is 5.88 Å². The van der Waals surface area contributed by atoms with Crippen molar-refractivity contribution in [1.29, 1.82) is 0 Å². The van der Waals surface area contributed by atoms with Gasteiger partial charge < -0.3 is 24.9 Å². The van der Waals surface area contributed by atoms with Gasteiger partial charge in [0.05, 0.1) is 22.8 Å². The standard InChI is InChI=1S/C21H19ClFN5O5/c22-15-9-12(3-7-16(15)23)26-21-28-27-19(33-21)18(29)25-13-4-8-17(24-10-13)32-14-5-1-11(2-6-14)20(30)31/h3-4,7-11,14H,1-2,5-6H2,(H,25,29)(H,26,28)(H,30,31). The molecular formula is C21H19ClFN5O5. The van der Waals surface area contributed by atoms with E-state index in [1.807, 2.05) is 0 Å². The topological polar surface area (TPSA) is 139 Å². The van der Waals surface area contributed by atoms with E-state index in [0.29, 0.717) is 42.9 Å². The van der Waals surface area contributed by atoms with E-state index in [1.165, 1.54) is 24.4 Å². The highest BCUT2D eigenvalue weighted by Gasteiger charge is 2.27. The van der Waals surface area contributed by atoms with Crippen molar-refractivity contribution in [2.75, 3.05) is 10.6 Å². The molecule has 0 bridgehead atoms. The molecule has 3 N–H and O–H groups in total. The number of aliphatic carboxylic acids is 1. The molecule has 2 heterocycles. The highest BCUT2D eigenvalue weighted by molar-refractivity contribution is 6.31. The number of pyridine rings is 1. The summed E-state index contributed by atoms with van der Waals surface area (Å²) in [5.74, 6) is -2.20. The van der Waals surface area contributed by atoms with Gasteiger partial charge in [0.15, 0.2) is 0 Å². The first-order chi connectivity index (χ1) is 15.9. The Morgan fingerprint density at radius 1 is 1.12 bits per heavy atom. The van der Waals surface area contributed by atoms with Crippen LogP contribution in [0.3, 0.4) is 0 Å². The fraction of sp³-hybridized carbons (Fsp3) is 0.286. The van der Waals surface area contributed by atoms with Crippen molar-refractivity contribution in [3.8, 4) is 5.88 Å². The number of nitrogens with one attached hydrogen (secondary N) is 2. The summed E-state index contributed by atoms with van der Waals surface area (Å²) in [5, 5.41) is 21.7. The van der Waals surface area contributed by atoms with Gasteiger partial charge in [0, 0.05) is 11.8 Å². The Bertz CT molecular complexity index is 1150. The van der Waals surface area contributed by atoms with Gasteiger partial charge in [-0.1, -0.05) is 16.7 Å². The van der Waals surface area contributed by atoms with Crippen LogP contribution in [-0.2, 0) is 4.79 Å². The second-order valence-corrected chi connectivity index (χ2v) is 7.84. The molecule has 0 saturated heterocycles. The van der Waals surface area contributed by atoms with Gasteiger partial charge in [0.2, 0.25) is 5.88 Å². The molecule has 0 atom stereocenters. The molecular weight excluding hydrogens is 457 g/mol. The van der Waals surface area contributed by atoms with Crippen LogP contribution in [0.4, 0.5) is 21.8 Å². The van der Waals surface area contributed by atoms with Gasteiger partial charge in [0.25, 0.3) is 0 Å². The number of amides is 1. The Morgan fingerprint density at radius 3 is 2.55 bits per heavy atom. The van der Waals surface area contributed by atoms with Gasteiger partial charge in [-0.15, -0.1) is 5.10 Å². The molecule has 0 unspecified atom stereocenters. The van der Waals surface area contributed by atoms with Crippen LogP contribution < -0.4 is 15.4 Å². The van der Waals surface area contributed by atoms with Gasteiger partial charge in [-0.25, -0.2) is 9.37 Å². The van der Waals surface area contributed by atoms with E-state index in [2.05, 4.69) is 25.8 Å². The Hall–Kier alpha value is -3.73. The summed E-state index contributed by atoms with van der Waals surface area (Å²) in [5.41, 5.74) is 0.799. The second-order valence-electron chi connectivity index (χ2n) is 7.44. The third kappa shape index (κ3) is 5.75. The van der Waals surface area contributed by atoms with Gasteiger partial charge in [-0.05, 0) is 49.9 Å². The predicted molar refractivity (Wildman–Crippen MR) is 115 cm³/mol. The van der Waals surface area contributed by atoms with Crippen LogP contribution in [0.25, 0.3) is 0 Å². The number of hydrogen-bond donors (Lipinski definition) is 3. The molecule has 10 nitrogen and oxygen atoms in total. The summed E-state index contributed by atoms with van der Waals surface area (Å²) in [7, 11) is 0. The van der Waals surface area contributed by atoms with Crippen LogP contribution in [0.15, 0.2) is 40.9 Å². The third-order valence-electron chi connectivity index (χ3n) is 5.10. The summed E-state index contributed by atoms with van der Waals surface area (Å²) in [6.45, 7) is 0. The van der Waals surface area contributed by atoms with Crippen LogP contribution in [0.2, 0.25) is 5.02 Å². The molecule has 2 aromatic heterocycles. The summed E-state index contributed by atoms with van der Waals surface area (Å²) < 4.78 is 24.3. The van der Waals surface area contributed by atoms with Crippen molar-refractivity contribution in [2.24, 2.45) is 5.92 Å². The maximum Gasteiger partial charge on any atom is 0.320 e. The number of carbonyl (C=O) groups is 2. The number of halogens is 2. The van der Waals surface area contributed by atoms with Crippen LogP contribution in [0.1, 0.15) is 36.4 Å². The normalized spacial score (nSPS) is 17.9. The average molecular weight is 476 g/mol. The molecule has 33 heavy (non-hydrogen) atoms. The minimum Gasteiger partial charge on any atom is -0.481 e. The van der Waals surface area contributed by atoms with Crippen LogP contribution >= 0.6 is 11.6 Å². The fourth-order valence-corrected chi connectivity index (χ4v) is 3.55. The number of aromatic nitrogens is 3. The number of nitrogens with zero attached hydrogens (tertiary/aromatic N) is 3. The molecule has 0 aliphatic heterocycles. The van der Waals surface area contributed by atoms with Gasteiger partial charge in [-0.3, -0.25) is 9.59 Å². The third-order valence-corrected chi connectivity index (χ3v) is 5.38. The summed E-state index contributed by atoms with van der Waals surface area (Å²) >= 11 is 5.73. The lowest BCUT2D eigenvalue weighted by atomic mass is 9.87. The van der Waals surface area contributed by atoms with E-state index in [0.717, 1.165) is 0 Å². The molecule has 0 radical (unpaired) electrons. The van der Waals surface area contributed by atoms with Crippen LogP contribution in [0, 0.1) is 11.7 Å². The lowest BCUT2D eigenvalue weighted by Gasteiger charge is -2.26. The Morgan fingerprint density at radius 2 is 1.88 bits per heavy atom. The molecule has 12 heteroatoms. The molecule has 1 amide bonds. The molecule has 1 aromatic carbocycles. The molecule has 3 aromatic rings. The zero-order valence-corrected chi connectivity index (χ0v) is 17.9. The maximum atomic E-state index is 13.2. The first-order valence-electron chi connectivity index (χ1n) is 10.1. The number of carboxylic acids is 1. The Kier molecular flexibility index (Phi) is 6.68. The van der Waals surface area contributed by atoms with E-state index in [1.54, 1.807) is 12.1 Å². The van der Waals surface area contributed by atoms with E-state index in [4.69, 9.17) is 25.9 Å². The molecule has 1 aliphatic carbocycles. The second kappa shape index (κ2) is 9.82. The summed E-state index contributed by atoms with van der Waals surface area (Å²) in [6.07, 6.45) is 3.77. The lowest BCUT2D eigenvalue weighted by molar-refractivity contribution is -0.143. The first kappa shape index (κ1) is 22.5. The number of hydrogen-bond acceptors (Lipinski definition) is 8. The molecule has 4 rings (SSSR count). The zero-order valence-electron chi connectivity index (χ0n) is 17.1. The number of carboxylic acid groups (broad SMARTS) is 1. The van der Waals surface area contributed by atoms with Crippen molar-refractivity contribution < 1.29 is 28.2 Å². The molecule has 0 spiro atoms. The van der Waals surface area contributed by atoms with E-state index >= 15 is 0 Å². The number of benzene rings is 1. The molecule has 172 valence electrons. The summed E-state index contributed by atoms with van der Waals surface area (Å²) in [4.78, 5) is 27.6. The number of carbonyl (C=O) groups excluding carboxylic acids is 1. The van der Waals surface area contributed by atoms with Crippen molar-refractivity contribution in [2.45, 2.75) is 31.8 Å². The largest absolute Gasteiger partial charge is 0.481 e. The Balaban J connectivity index is 1.30. The fourth-order valence-electron chi connectivity index (χ4n) is 3.37. The minimum atomic E-state index is -0.768. The van der Waals surface area contributed by atoms with Crippen molar-refractivity contribution in [1.82, 2.24) is 15.2 Å². The van der Waals surface area contributed by atoms with Crippen molar-refractivity contribution in [3.05, 3.63) is 53.3 Å². The number of rotatable bonds is 7. The quantitative estimate of drug-likeness (QED) is 0.456. The molecule has 1 saturated carbocycles. The van der Waals surface area contributed by atoms with E-state index in [-0.39, 0.29) is 28.9 Å². The first-order valence-corrected chi connectivity index (χ1v) is 10.5. The number of ether oxygens (including phenoxy) is 1. The van der Waals surface area contributed by atoms with Crippen LogP contribution in [-0.4, -0.2) is 38.3 Å². The Labute approximate surface area is 192 Å². The van der Waals surface area contributed by atoms with Gasteiger partial charge >= 0.3 is 23.8 Å². The smallest absolute Gasteiger partial charge is 0.320 e. The molecule has 1 aliphatic rings. The SMILES string of the molecule is O=C(Nc1ccc(OC2CCC(C(=O)O)CC2)nc1)c1nnc(Nc2ccc(F)c(Cl)c2)o1. The molecule has 1 fully saturated rings. The number of anilines is 3. The highest BCUT2D eigenvalue weighted by Crippen LogP contribution is 2.27. The van der Waals surface area contributed by atoms with E-state index < -0.39 is 17.7 Å². The average Bonchev–Trinajstić information content (AvgIpc) is 3.27. The van der Waals surface area contributed by atoms with Crippen molar-refractivity contribution in [3.63, 3.8) is 0 Å². The minimum absolute atomic E-state index is 0.0673. The van der Waals surface area contributed by atoms with Gasteiger partial charge in [-0.2, -0.15) is 0 Å². The highest BCUT2D eigenvalue weighted by atomic mass is 35.5. The predicted octanol–water partition coefficient (Wildman–Crippen LogP) is 4.28. The lowest BCUT2D eigenvalue weighted by Crippen LogP contribution is -2.28. The maximum absolute atomic E-state index is 13.2. The summed E-state index contributed by atoms with van der Waals surface area (Å²) in [6, 6.07) is 7.10. The van der Waals surface area contributed by atoms with Crippen molar-refractivity contribution >= 4 is 40.9 Å². The monoisotopic (exact) mass is 475 g/mol. The van der Waals surface area contributed by atoms with Gasteiger partial charge in [0.1, 0.15) is 11.9 Å². The van der Waals surface area contributed by atoms with E-state index in [9.17, 15) is 14.0 Å². The zero-order chi connectivity index (χ0) is 23.4.